The number of H-pyrrole nitrogens is 1. The van der Waals surface area contributed by atoms with Gasteiger partial charge in [-0.3, -0.25) is 14.4 Å². The molecule has 0 aromatic carbocycles. The summed E-state index contributed by atoms with van der Waals surface area (Å²) >= 11 is 0. The van der Waals surface area contributed by atoms with Gasteiger partial charge in [0.2, 0.25) is 5.91 Å². The summed E-state index contributed by atoms with van der Waals surface area (Å²) in [5.74, 6) is -0.776. The van der Waals surface area contributed by atoms with Crippen molar-refractivity contribution in [2.24, 2.45) is 11.1 Å². The number of likely N-dealkylation sites (tertiary alicyclic amines) is 1. The first-order valence-electron chi connectivity index (χ1n) is 5.70. The van der Waals surface area contributed by atoms with Gasteiger partial charge < -0.3 is 15.6 Å². The highest BCUT2D eigenvalue weighted by molar-refractivity contribution is 5.94. The first-order valence-corrected chi connectivity index (χ1v) is 5.70. The lowest BCUT2D eigenvalue weighted by Gasteiger charge is -2.20. The standard InChI is InChI=1S/C12H15N3O3/c1-12(11(13)18)3-5-15(7-12)10(17)8-6-14-4-2-9(8)16/h2,4,6H,3,5,7H2,1H3,(H2,13,18)(H,14,16). The van der Waals surface area contributed by atoms with E-state index >= 15 is 0 Å². The van der Waals surface area contributed by atoms with Crippen molar-refractivity contribution in [1.82, 2.24) is 9.88 Å². The third-order valence-corrected chi connectivity index (χ3v) is 3.41. The summed E-state index contributed by atoms with van der Waals surface area (Å²) in [7, 11) is 0. The Morgan fingerprint density at radius 3 is 2.78 bits per heavy atom. The number of amides is 2. The van der Waals surface area contributed by atoms with Crippen molar-refractivity contribution in [3.8, 4) is 0 Å². The van der Waals surface area contributed by atoms with Crippen molar-refractivity contribution in [3.05, 3.63) is 34.2 Å². The van der Waals surface area contributed by atoms with Crippen LogP contribution in [-0.2, 0) is 4.79 Å². The number of primary amides is 1. The molecule has 1 aliphatic rings. The fourth-order valence-electron chi connectivity index (χ4n) is 2.09. The number of hydrogen-bond donors (Lipinski definition) is 2. The van der Waals surface area contributed by atoms with Crippen LogP contribution in [0.1, 0.15) is 23.7 Å². The van der Waals surface area contributed by atoms with Crippen LogP contribution in [0.3, 0.4) is 0 Å². The predicted octanol–water partition coefficient (Wildman–Crippen LogP) is -0.288. The largest absolute Gasteiger partial charge is 0.369 e. The summed E-state index contributed by atoms with van der Waals surface area (Å²) in [5.41, 5.74) is 4.38. The van der Waals surface area contributed by atoms with Gasteiger partial charge in [-0.25, -0.2) is 0 Å². The molecule has 0 bridgehead atoms. The maximum atomic E-state index is 12.1. The molecular formula is C12H15N3O3. The van der Waals surface area contributed by atoms with Gasteiger partial charge in [-0.15, -0.1) is 0 Å². The maximum absolute atomic E-state index is 12.1. The lowest BCUT2D eigenvalue weighted by atomic mass is 9.89. The molecule has 1 fully saturated rings. The van der Waals surface area contributed by atoms with Gasteiger partial charge in [0.05, 0.1) is 5.41 Å². The zero-order valence-corrected chi connectivity index (χ0v) is 10.1. The van der Waals surface area contributed by atoms with E-state index in [0.717, 1.165) is 0 Å². The van der Waals surface area contributed by atoms with E-state index in [9.17, 15) is 14.4 Å². The summed E-state index contributed by atoms with van der Waals surface area (Å²) in [6.45, 7) is 2.43. The fraction of sp³-hybridized carbons (Fsp3) is 0.417. The molecule has 1 saturated heterocycles. The molecular weight excluding hydrogens is 234 g/mol. The van der Waals surface area contributed by atoms with Gasteiger partial charge in [-0.05, 0) is 13.3 Å². The molecule has 2 rings (SSSR count). The monoisotopic (exact) mass is 249 g/mol. The first kappa shape index (κ1) is 12.3. The van der Waals surface area contributed by atoms with Crippen LogP contribution < -0.4 is 11.2 Å². The highest BCUT2D eigenvalue weighted by atomic mass is 16.2. The lowest BCUT2D eigenvalue weighted by molar-refractivity contribution is -0.126. The Hall–Kier alpha value is -2.11. The topological polar surface area (TPSA) is 96.3 Å². The molecule has 2 heterocycles. The molecule has 96 valence electrons. The normalized spacial score (nSPS) is 23.1. The van der Waals surface area contributed by atoms with E-state index in [0.29, 0.717) is 13.0 Å². The summed E-state index contributed by atoms with van der Waals surface area (Å²) in [6.07, 6.45) is 3.38. The second-order valence-electron chi connectivity index (χ2n) is 4.82. The fourth-order valence-corrected chi connectivity index (χ4v) is 2.09. The van der Waals surface area contributed by atoms with Crippen LogP contribution in [-0.4, -0.2) is 34.8 Å². The van der Waals surface area contributed by atoms with Gasteiger partial charge in [-0.1, -0.05) is 0 Å². The molecule has 2 amide bonds. The van der Waals surface area contributed by atoms with E-state index in [2.05, 4.69) is 4.98 Å². The zero-order valence-electron chi connectivity index (χ0n) is 10.1. The Bertz CT molecular complexity index is 551. The zero-order chi connectivity index (χ0) is 13.3. The minimum Gasteiger partial charge on any atom is -0.369 e. The van der Waals surface area contributed by atoms with E-state index in [1.165, 1.54) is 23.4 Å². The van der Waals surface area contributed by atoms with E-state index in [1.807, 2.05) is 0 Å². The van der Waals surface area contributed by atoms with Gasteiger partial charge in [-0.2, -0.15) is 0 Å². The molecule has 3 N–H and O–H groups in total. The lowest BCUT2D eigenvalue weighted by Crippen LogP contribution is -2.39. The third kappa shape index (κ3) is 2.01. The number of nitrogens with two attached hydrogens (primary N) is 1. The molecule has 0 saturated carbocycles. The van der Waals surface area contributed by atoms with Crippen LogP contribution in [0.15, 0.2) is 23.3 Å². The molecule has 0 aliphatic carbocycles. The van der Waals surface area contributed by atoms with Gasteiger partial charge in [0.25, 0.3) is 5.91 Å². The summed E-state index contributed by atoms with van der Waals surface area (Å²) < 4.78 is 0. The van der Waals surface area contributed by atoms with Crippen molar-refractivity contribution >= 4 is 11.8 Å². The average Bonchev–Trinajstić information content (AvgIpc) is 2.73. The number of aromatic nitrogens is 1. The highest BCUT2D eigenvalue weighted by Gasteiger charge is 2.41. The summed E-state index contributed by atoms with van der Waals surface area (Å²) in [6, 6.07) is 1.30. The van der Waals surface area contributed by atoms with Gasteiger partial charge in [0.1, 0.15) is 5.56 Å². The Kier molecular flexibility index (Phi) is 2.94. The van der Waals surface area contributed by atoms with Gasteiger partial charge >= 0.3 is 0 Å². The van der Waals surface area contributed by atoms with Crippen LogP contribution in [0.4, 0.5) is 0 Å². The molecule has 6 nitrogen and oxygen atoms in total. The van der Waals surface area contributed by atoms with Crippen molar-refractivity contribution in [3.63, 3.8) is 0 Å². The van der Waals surface area contributed by atoms with Crippen LogP contribution in [0, 0.1) is 5.41 Å². The van der Waals surface area contributed by atoms with E-state index in [4.69, 9.17) is 5.73 Å². The number of carbonyl (C=O) groups excluding carboxylic acids is 2. The van der Waals surface area contributed by atoms with Crippen molar-refractivity contribution in [2.75, 3.05) is 13.1 Å². The minimum atomic E-state index is -0.697. The van der Waals surface area contributed by atoms with Crippen molar-refractivity contribution in [1.29, 1.82) is 0 Å². The van der Waals surface area contributed by atoms with Crippen LogP contribution in [0.2, 0.25) is 0 Å². The third-order valence-electron chi connectivity index (χ3n) is 3.41. The van der Waals surface area contributed by atoms with E-state index in [-0.39, 0.29) is 23.4 Å². The second-order valence-corrected chi connectivity index (χ2v) is 4.82. The number of carbonyl (C=O) groups is 2. The summed E-state index contributed by atoms with van der Waals surface area (Å²) in [5, 5.41) is 0. The molecule has 0 radical (unpaired) electrons. The molecule has 1 atom stereocenters. The highest BCUT2D eigenvalue weighted by Crippen LogP contribution is 2.29. The summed E-state index contributed by atoms with van der Waals surface area (Å²) in [4.78, 5) is 39.2. The number of pyridine rings is 1. The molecule has 18 heavy (non-hydrogen) atoms. The van der Waals surface area contributed by atoms with Crippen LogP contribution >= 0.6 is 0 Å². The SMILES string of the molecule is CC1(C(N)=O)CCN(C(=O)c2c[nH]ccc2=O)C1. The number of nitrogens with one attached hydrogen (secondary N) is 1. The maximum Gasteiger partial charge on any atom is 0.259 e. The molecule has 1 unspecified atom stereocenters. The Balaban J connectivity index is 2.21. The second kappa shape index (κ2) is 4.29. The van der Waals surface area contributed by atoms with E-state index < -0.39 is 11.3 Å². The Morgan fingerprint density at radius 1 is 1.50 bits per heavy atom. The molecule has 6 heteroatoms. The molecule has 1 aromatic heterocycles. The van der Waals surface area contributed by atoms with Crippen LogP contribution in [0.25, 0.3) is 0 Å². The van der Waals surface area contributed by atoms with Crippen molar-refractivity contribution < 1.29 is 9.59 Å². The van der Waals surface area contributed by atoms with Crippen molar-refractivity contribution in [2.45, 2.75) is 13.3 Å². The predicted molar refractivity (Wildman–Crippen MR) is 64.9 cm³/mol. The quantitative estimate of drug-likeness (QED) is 0.754. The van der Waals surface area contributed by atoms with Gasteiger partial charge in [0.15, 0.2) is 5.43 Å². The van der Waals surface area contributed by atoms with Gasteiger partial charge in [0, 0.05) is 31.5 Å². The number of hydrogen-bond acceptors (Lipinski definition) is 3. The number of rotatable bonds is 2. The Labute approximate surface area is 104 Å². The molecule has 1 aliphatic heterocycles. The molecule has 0 spiro atoms. The van der Waals surface area contributed by atoms with E-state index in [1.54, 1.807) is 6.92 Å². The minimum absolute atomic E-state index is 0.0891. The Morgan fingerprint density at radius 2 is 2.22 bits per heavy atom. The number of aromatic amines is 1. The van der Waals surface area contributed by atoms with Crippen LogP contribution in [0.5, 0.6) is 0 Å². The average molecular weight is 249 g/mol. The smallest absolute Gasteiger partial charge is 0.259 e. The molecule has 1 aromatic rings. The number of nitrogens with zero attached hydrogens (tertiary/aromatic N) is 1. The first-order chi connectivity index (χ1) is 8.44.